The molecule has 0 aliphatic carbocycles. The average Bonchev–Trinajstić information content (AvgIpc) is 2.91. The van der Waals surface area contributed by atoms with Crippen LogP contribution < -0.4 is 10.4 Å². The van der Waals surface area contributed by atoms with Gasteiger partial charge in [0.15, 0.2) is 0 Å². The van der Waals surface area contributed by atoms with Crippen LogP contribution in [0.3, 0.4) is 0 Å². The molecule has 0 aliphatic rings. The predicted octanol–water partition coefficient (Wildman–Crippen LogP) is 9.42. The van der Waals surface area contributed by atoms with Crippen LogP contribution in [0, 0.1) is 0 Å². The summed E-state index contributed by atoms with van der Waals surface area (Å²) in [5.74, 6) is 0. The van der Waals surface area contributed by atoms with Crippen LogP contribution in [-0.4, -0.2) is 39.6 Å². The second-order valence-corrected chi connectivity index (χ2v) is 21.4. The second-order valence-electron chi connectivity index (χ2n) is 12.2. The average molecular weight is 649 g/mol. The van der Waals surface area contributed by atoms with Gasteiger partial charge in [-0.05, 0) is 48.9 Å². The maximum absolute atomic E-state index is 7.55. The van der Waals surface area contributed by atoms with Gasteiger partial charge in [-0.25, -0.2) is 0 Å². The van der Waals surface area contributed by atoms with Crippen LogP contribution in [0.2, 0.25) is 10.1 Å². The minimum atomic E-state index is -2.06. The molecule has 0 bridgehead atoms. The summed E-state index contributed by atoms with van der Waals surface area (Å²) in [5, 5.41) is 2.50. The van der Waals surface area contributed by atoms with Crippen molar-refractivity contribution < 1.29 is 4.12 Å². The lowest BCUT2D eigenvalue weighted by Crippen LogP contribution is -2.56. The maximum Gasteiger partial charge on any atom is 0.202 e. The van der Waals surface area contributed by atoms with Crippen molar-refractivity contribution in [3.63, 3.8) is 0 Å². The van der Waals surface area contributed by atoms with Gasteiger partial charge < -0.3 is 4.12 Å². The largest absolute Gasteiger partial charge is 0.452 e. The summed E-state index contributed by atoms with van der Waals surface area (Å²) in [5.41, 5.74) is 0. The van der Waals surface area contributed by atoms with Crippen molar-refractivity contribution in [2.24, 2.45) is 0 Å². The first-order chi connectivity index (χ1) is 18.4. The zero-order valence-electron chi connectivity index (χ0n) is 24.8. The fraction of sp³-hybridized carbons (Fsp3) is 0.625. The standard InChI is InChI=1S/C32H50Cl4OSi2/c1-7-15-25(33)21-23-29(35)31(3,4)38(27-17-11-9-12-18-27)37-39(28-19-13-10-14-20-28)32(5,6)30(36)24-22-26(34)16-8-2/h9-14,17-20,25-26,29-30,38-39H,7-8,15-16,21-24H2,1-6H3. The Bertz CT molecular complexity index is 853. The number of rotatable bonds is 18. The van der Waals surface area contributed by atoms with Crippen molar-refractivity contribution >= 4 is 74.9 Å². The molecular weight excluding hydrogens is 598 g/mol. The van der Waals surface area contributed by atoms with E-state index < -0.39 is 18.1 Å². The highest BCUT2D eigenvalue weighted by Crippen LogP contribution is 2.44. The minimum Gasteiger partial charge on any atom is -0.452 e. The number of hydrogen-bond acceptors (Lipinski definition) is 1. The molecule has 0 aromatic heterocycles. The highest BCUT2D eigenvalue weighted by Gasteiger charge is 2.46. The zero-order chi connectivity index (χ0) is 29.1. The van der Waals surface area contributed by atoms with Gasteiger partial charge >= 0.3 is 0 Å². The lowest BCUT2D eigenvalue weighted by Gasteiger charge is -2.44. The Hall–Kier alpha value is -0.00623. The summed E-state index contributed by atoms with van der Waals surface area (Å²) in [4.78, 5) is 0. The van der Waals surface area contributed by atoms with E-state index in [1.54, 1.807) is 0 Å². The first-order valence-corrected chi connectivity index (χ1v) is 19.8. The van der Waals surface area contributed by atoms with Gasteiger partial charge in [-0.15, -0.1) is 46.4 Å². The van der Waals surface area contributed by atoms with E-state index >= 15 is 0 Å². The molecule has 0 aliphatic heterocycles. The summed E-state index contributed by atoms with van der Waals surface area (Å²) in [6, 6.07) is 21.6. The first kappa shape index (κ1) is 35.2. The third-order valence-electron chi connectivity index (χ3n) is 8.11. The Balaban J connectivity index is 2.43. The van der Waals surface area contributed by atoms with Crippen LogP contribution >= 0.6 is 46.4 Å². The minimum absolute atomic E-state index is 0.0288. The van der Waals surface area contributed by atoms with Crippen molar-refractivity contribution in [3.8, 4) is 0 Å². The van der Waals surface area contributed by atoms with Crippen LogP contribution in [0.4, 0.5) is 0 Å². The first-order valence-electron chi connectivity index (χ1n) is 14.8. The van der Waals surface area contributed by atoms with Crippen molar-refractivity contribution in [1.82, 2.24) is 0 Å². The number of benzene rings is 2. The molecule has 1 nitrogen and oxygen atoms in total. The molecule has 2 aromatic rings. The summed E-state index contributed by atoms with van der Waals surface area (Å²) >= 11 is 27.7. The SMILES string of the molecule is CCCC(Cl)CCC(Cl)C(C)(C)[SiH](O[SiH](c1ccccc1)C(C)(C)C(Cl)CCC(Cl)CCC)c1ccccc1. The monoisotopic (exact) mass is 646 g/mol. The van der Waals surface area contributed by atoms with E-state index in [1.807, 2.05) is 0 Å². The van der Waals surface area contributed by atoms with Gasteiger partial charge in [0.05, 0.1) is 0 Å². The van der Waals surface area contributed by atoms with Gasteiger partial charge in [-0.2, -0.15) is 0 Å². The highest BCUT2D eigenvalue weighted by atomic mass is 35.5. The van der Waals surface area contributed by atoms with Gasteiger partial charge in [0.2, 0.25) is 18.1 Å². The third kappa shape index (κ3) is 10.6. The number of alkyl halides is 4. The fourth-order valence-corrected chi connectivity index (χ4v) is 16.0. The smallest absolute Gasteiger partial charge is 0.202 e. The molecule has 6 atom stereocenters. The Morgan fingerprint density at radius 2 is 0.897 bits per heavy atom. The van der Waals surface area contributed by atoms with Gasteiger partial charge in [0.25, 0.3) is 0 Å². The van der Waals surface area contributed by atoms with Crippen molar-refractivity contribution in [3.05, 3.63) is 60.7 Å². The topological polar surface area (TPSA) is 9.23 Å². The van der Waals surface area contributed by atoms with Gasteiger partial charge in [-0.1, -0.05) is 115 Å². The molecule has 220 valence electrons. The zero-order valence-corrected chi connectivity index (χ0v) is 30.1. The Morgan fingerprint density at radius 1 is 0.564 bits per heavy atom. The molecule has 7 heteroatoms. The quantitative estimate of drug-likeness (QED) is 0.116. The van der Waals surface area contributed by atoms with E-state index in [-0.39, 0.29) is 31.6 Å². The molecule has 0 amide bonds. The molecule has 6 unspecified atom stereocenters. The summed E-state index contributed by atoms with van der Waals surface area (Å²) in [6.07, 6.45) is 7.86. The van der Waals surface area contributed by atoms with Crippen LogP contribution in [0.15, 0.2) is 60.7 Å². The Labute approximate surface area is 262 Å². The van der Waals surface area contributed by atoms with Crippen LogP contribution in [-0.2, 0) is 4.12 Å². The van der Waals surface area contributed by atoms with E-state index in [0.29, 0.717) is 0 Å². The van der Waals surface area contributed by atoms with Crippen LogP contribution in [0.25, 0.3) is 0 Å². The molecule has 2 aromatic carbocycles. The normalized spacial score (nSPS) is 17.3. The summed E-state index contributed by atoms with van der Waals surface area (Å²) in [6.45, 7) is 13.6. The molecule has 0 N–H and O–H groups in total. The second kappa shape index (κ2) is 17.2. The van der Waals surface area contributed by atoms with E-state index in [4.69, 9.17) is 50.5 Å². The van der Waals surface area contributed by atoms with Crippen LogP contribution in [0.1, 0.15) is 92.9 Å². The molecule has 0 saturated heterocycles. The maximum atomic E-state index is 7.55. The van der Waals surface area contributed by atoms with E-state index in [9.17, 15) is 0 Å². The summed E-state index contributed by atoms with van der Waals surface area (Å²) < 4.78 is 7.55. The number of hydrogen-bond donors (Lipinski definition) is 0. The fourth-order valence-electron chi connectivity index (χ4n) is 5.40. The lowest BCUT2D eigenvalue weighted by atomic mass is 10.0. The third-order valence-corrected chi connectivity index (χ3v) is 18.6. The van der Waals surface area contributed by atoms with Gasteiger partial charge in [-0.3, -0.25) is 0 Å². The van der Waals surface area contributed by atoms with Crippen LogP contribution in [0.5, 0.6) is 0 Å². The molecule has 0 heterocycles. The molecule has 0 saturated carbocycles. The molecule has 39 heavy (non-hydrogen) atoms. The number of halogens is 4. The molecular formula is C32H50Cl4OSi2. The lowest BCUT2D eigenvalue weighted by molar-refractivity contribution is 0.444. The van der Waals surface area contributed by atoms with Crippen molar-refractivity contribution in [2.45, 2.75) is 124 Å². The van der Waals surface area contributed by atoms with Gasteiger partial charge in [0, 0.05) is 31.6 Å². The van der Waals surface area contributed by atoms with Gasteiger partial charge in [0.1, 0.15) is 0 Å². The molecule has 0 spiro atoms. The van der Waals surface area contributed by atoms with E-state index in [1.165, 1.54) is 10.4 Å². The van der Waals surface area contributed by atoms with E-state index in [0.717, 1.165) is 51.4 Å². The van der Waals surface area contributed by atoms with Crippen molar-refractivity contribution in [1.29, 1.82) is 0 Å². The molecule has 0 radical (unpaired) electrons. The molecule has 0 fully saturated rings. The molecule has 2 rings (SSSR count). The van der Waals surface area contributed by atoms with Crippen molar-refractivity contribution in [2.75, 3.05) is 0 Å². The predicted molar refractivity (Wildman–Crippen MR) is 182 cm³/mol. The van der Waals surface area contributed by atoms with E-state index in [2.05, 4.69) is 102 Å². The highest BCUT2D eigenvalue weighted by molar-refractivity contribution is 6.83. The Kier molecular flexibility index (Phi) is 15.5. The Morgan fingerprint density at radius 3 is 1.21 bits per heavy atom. The summed E-state index contributed by atoms with van der Waals surface area (Å²) in [7, 11) is -4.11.